The minimum Gasteiger partial charge on any atom is -0.310 e. The molecule has 0 saturated heterocycles. The zero-order chi connectivity index (χ0) is 37.4. The maximum atomic E-state index is 2.54. The van der Waals surface area contributed by atoms with Crippen LogP contribution >= 0.6 is 0 Å². The second-order valence-corrected chi connectivity index (χ2v) is 18.3. The largest absolute Gasteiger partial charge is 0.310 e. The molecule has 0 radical (unpaired) electrons. The summed E-state index contributed by atoms with van der Waals surface area (Å²) in [5.41, 5.74) is 18.9. The van der Waals surface area contributed by atoms with Gasteiger partial charge in [0.25, 0.3) is 0 Å². The smallest absolute Gasteiger partial charge is 0.0540 e. The highest BCUT2D eigenvalue weighted by Crippen LogP contribution is 2.61. The van der Waals surface area contributed by atoms with Crippen molar-refractivity contribution in [3.63, 3.8) is 0 Å². The van der Waals surface area contributed by atoms with Gasteiger partial charge in [0.15, 0.2) is 0 Å². The molecule has 4 saturated carbocycles. The van der Waals surface area contributed by atoms with Crippen molar-refractivity contribution >= 4 is 16.9 Å². The Morgan fingerprint density at radius 3 is 1.80 bits per heavy atom. The van der Waals surface area contributed by atoms with Gasteiger partial charge in [0.05, 0.1) is 5.69 Å². The van der Waals surface area contributed by atoms with Crippen LogP contribution in [0.3, 0.4) is 0 Å². The number of benzene rings is 6. The third-order valence-corrected chi connectivity index (χ3v) is 14.5. The van der Waals surface area contributed by atoms with Gasteiger partial charge in [-0.15, -0.1) is 0 Å². The molecular formula is C55H51N. The molecular weight excluding hydrogens is 675 g/mol. The van der Waals surface area contributed by atoms with Gasteiger partial charge in [-0.05, 0) is 161 Å². The van der Waals surface area contributed by atoms with Crippen LogP contribution in [0.15, 0.2) is 163 Å². The van der Waals surface area contributed by atoms with Gasteiger partial charge in [-0.25, -0.2) is 0 Å². The van der Waals surface area contributed by atoms with Gasteiger partial charge in [-0.2, -0.15) is 0 Å². The molecule has 1 heteroatoms. The highest BCUT2D eigenvalue weighted by molar-refractivity contribution is 5.91. The average molecular weight is 726 g/mol. The zero-order valence-electron chi connectivity index (χ0n) is 32.8. The van der Waals surface area contributed by atoms with Crippen molar-refractivity contribution in [2.45, 2.75) is 76.0 Å². The van der Waals surface area contributed by atoms with Gasteiger partial charge in [0, 0.05) is 22.4 Å². The molecule has 0 spiro atoms. The van der Waals surface area contributed by atoms with E-state index in [1.807, 2.05) is 0 Å². The molecule has 6 aromatic rings. The van der Waals surface area contributed by atoms with E-state index in [4.69, 9.17) is 0 Å². The van der Waals surface area contributed by atoms with E-state index < -0.39 is 0 Å². The van der Waals surface area contributed by atoms with Crippen LogP contribution in [0.1, 0.15) is 87.5 Å². The molecule has 4 fully saturated rings. The number of hydrogen-bond donors (Lipinski definition) is 0. The lowest BCUT2D eigenvalue weighted by Gasteiger charge is -2.57. The van der Waals surface area contributed by atoms with Gasteiger partial charge in [0.1, 0.15) is 0 Å². The summed E-state index contributed by atoms with van der Waals surface area (Å²) in [6.07, 6.45) is 15.5. The Labute approximate surface area is 333 Å². The molecule has 0 unspecified atom stereocenters. The van der Waals surface area contributed by atoms with Gasteiger partial charge in [-0.3, -0.25) is 0 Å². The molecule has 276 valence electrons. The van der Waals surface area contributed by atoms with E-state index in [2.05, 4.69) is 176 Å². The van der Waals surface area contributed by atoms with E-state index in [0.717, 1.165) is 30.6 Å². The van der Waals surface area contributed by atoms with E-state index in [1.54, 1.807) is 5.56 Å². The van der Waals surface area contributed by atoms with Crippen LogP contribution in [0.5, 0.6) is 0 Å². The van der Waals surface area contributed by atoms with E-state index in [0.29, 0.717) is 5.41 Å². The molecule has 0 aromatic heterocycles. The lowest BCUT2D eigenvalue weighted by Crippen LogP contribution is -2.48. The Bertz CT molecular complexity index is 2480. The summed E-state index contributed by atoms with van der Waals surface area (Å²) in [7, 11) is 0. The number of fused-ring (bicyclic) bond motifs is 3. The summed E-state index contributed by atoms with van der Waals surface area (Å²) in [5.74, 6) is 2.90. The predicted molar refractivity (Wildman–Crippen MR) is 235 cm³/mol. The first-order valence-electron chi connectivity index (χ1n) is 21.2. The van der Waals surface area contributed by atoms with Crippen LogP contribution < -0.4 is 4.90 Å². The van der Waals surface area contributed by atoms with Gasteiger partial charge >= 0.3 is 0 Å². The molecule has 56 heavy (non-hydrogen) atoms. The summed E-state index contributed by atoms with van der Waals surface area (Å²) < 4.78 is 0. The first-order valence-corrected chi connectivity index (χ1v) is 21.2. The summed E-state index contributed by atoms with van der Waals surface area (Å²) in [5, 5.41) is 0. The summed E-state index contributed by atoms with van der Waals surface area (Å²) >= 11 is 0. The molecule has 6 aliphatic carbocycles. The normalized spacial score (nSPS) is 23.9. The summed E-state index contributed by atoms with van der Waals surface area (Å²) in [6, 6.07) is 55.2. The van der Waals surface area contributed by atoms with Gasteiger partial charge in [-0.1, -0.05) is 141 Å². The van der Waals surface area contributed by atoms with E-state index >= 15 is 0 Å². The van der Waals surface area contributed by atoms with Crippen LogP contribution in [0, 0.1) is 17.8 Å². The lowest BCUT2D eigenvalue weighted by molar-refractivity contribution is -0.00518. The number of hydrogen-bond acceptors (Lipinski definition) is 1. The number of anilines is 2. The molecule has 0 atom stereocenters. The second-order valence-electron chi connectivity index (χ2n) is 18.3. The molecule has 6 aliphatic rings. The third-order valence-electron chi connectivity index (χ3n) is 14.5. The first-order chi connectivity index (χ1) is 27.4. The fraction of sp³-hybridized carbons (Fsp3) is 0.273. The molecule has 12 rings (SSSR count). The van der Waals surface area contributed by atoms with Gasteiger partial charge in [0.2, 0.25) is 0 Å². The van der Waals surface area contributed by atoms with Crippen LogP contribution in [-0.4, -0.2) is 0 Å². The standard InChI is InChI=1S/C55H51N/c1-54(2)50-32-43(40-21-24-44(25-22-40)55-34-37-29-38(35-55)31-39(30-37)36-55)23-27-48(50)49-28-26-45(33-51(49)54)56(52-19-11-9-17-46(52)41-13-5-3-6-14-41)53-20-12-10-18-47(53)42-15-7-4-8-16-42/h3-9,11-17,19-28,32-33,37-39H,10,18,29-31,34-36H2,1-2H3. The second kappa shape index (κ2) is 13.1. The maximum absolute atomic E-state index is 2.54. The van der Waals surface area contributed by atoms with Crippen molar-refractivity contribution in [1.29, 1.82) is 0 Å². The minimum absolute atomic E-state index is 0.153. The van der Waals surface area contributed by atoms with Crippen molar-refractivity contribution in [2.75, 3.05) is 4.90 Å². The summed E-state index contributed by atoms with van der Waals surface area (Å²) in [4.78, 5) is 2.54. The monoisotopic (exact) mass is 725 g/mol. The highest BCUT2D eigenvalue weighted by atomic mass is 15.2. The van der Waals surface area contributed by atoms with Crippen LogP contribution in [-0.2, 0) is 10.8 Å². The molecule has 1 nitrogen and oxygen atoms in total. The molecule has 0 amide bonds. The average Bonchev–Trinajstić information content (AvgIpc) is 3.46. The Balaban J connectivity index is 0.990. The fourth-order valence-corrected chi connectivity index (χ4v) is 12.3. The highest BCUT2D eigenvalue weighted by Gasteiger charge is 2.51. The van der Waals surface area contributed by atoms with Crippen LogP contribution in [0.2, 0.25) is 0 Å². The van der Waals surface area contributed by atoms with Crippen molar-refractivity contribution < 1.29 is 0 Å². The van der Waals surface area contributed by atoms with Crippen LogP contribution in [0.25, 0.3) is 39.0 Å². The number of allylic oxidation sites excluding steroid dienone is 3. The zero-order valence-corrected chi connectivity index (χ0v) is 32.8. The maximum Gasteiger partial charge on any atom is 0.0540 e. The molecule has 0 heterocycles. The fourth-order valence-electron chi connectivity index (χ4n) is 12.3. The van der Waals surface area contributed by atoms with Crippen molar-refractivity contribution in [1.82, 2.24) is 0 Å². The number of para-hydroxylation sites is 1. The van der Waals surface area contributed by atoms with Crippen molar-refractivity contribution in [3.8, 4) is 33.4 Å². The molecule has 6 aromatic carbocycles. The topological polar surface area (TPSA) is 3.24 Å². The quantitative estimate of drug-likeness (QED) is 0.158. The minimum atomic E-state index is -0.153. The number of rotatable bonds is 7. The summed E-state index contributed by atoms with van der Waals surface area (Å²) in [6.45, 7) is 4.86. The van der Waals surface area contributed by atoms with E-state index in [9.17, 15) is 0 Å². The predicted octanol–water partition coefficient (Wildman–Crippen LogP) is 14.7. The molecule has 0 N–H and O–H groups in total. The Kier molecular flexibility index (Phi) is 7.92. The first kappa shape index (κ1) is 33.9. The Hall–Kier alpha value is -5.40. The van der Waals surface area contributed by atoms with Gasteiger partial charge < -0.3 is 4.90 Å². The SMILES string of the molecule is CC1(C)c2cc(-c3ccc(C45CC6CC(CC(C6)C4)C5)cc3)ccc2-c2ccc(N(C3=C(c4ccccc4)CCC=C3)c3ccccc3-c3ccccc3)cc21. The third kappa shape index (κ3) is 5.49. The van der Waals surface area contributed by atoms with Crippen molar-refractivity contribution in [2.24, 2.45) is 17.8 Å². The van der Waals surface area contributed by atoms with E-state index in [1.165, 1.54) is 111 Å². The Morgan fingerprint density at radius 2 is 1.11 bits per heavy atom. The number of nitrogens with zero attached hydrogens (tertiary/aromatic N) is 1. The molecule has 4 bridgehead atoms. The lowest BCUT2D eigenvalue weighted by atomic mass is 9.48. The van der Waals surface area contributed by atoms with E-state index in [-0.39, 0.29) is 5.41 Å². The van der Waals surface area contributed by atoms with Crippen molar-refractivity contribution in [3.05, 3.63) is 186 Å². The van der Waals surface area contributed by atoms with Crippen LogP contribution in [0.4, 0.5) is 11.4 Å². The molecule has 0 aliphatic heterocycles. The Morgan fingerprint density at radius 1 is 0.518 bits per heavy atom.